The zero-order valence-corrected chi connectivity index (χ0v) is 9.82. The van der Waals surface area contributed by atoms with Crippen molar-refractivity contribution in [1.82, 2.24) is 5.32 Å². The first kappa shape index (κ1) is 10.8. The van der Waals surface area contributed by atoms with Crippen molar-refractivity contribution in [2.75, 3.05) is 7.05 Å². The van der Waals surface area contributed by atoms with Crippen molar-refractivity contribution in [2.45, 2.75) is 18.3 Å². The van der Waals surface area contributed by atoms with Crippen LogP contribution < -0.4 is 5.32 Å². The van der Waals surface area contributed by atoms with Crippen molar-refractivity contribution < 1.29 is 4.79 Å². The van der Waals surface area contributed by atoms with E-state index in [0.717, 1.165) is 18.4 Å². The summed E-state index contributed by atoms with van der Waals surface area (Å²) in [5.74, 6) is 0.0340. The predicted molar refractivity (Wildman–Crippen MR) is 61.4 cm³/mol. The first-order valence-electron chi connectivity index (χ1n) is 4.78. The van der Waals surface area contributed by atoms with Crippen LogP contribution in [0.4, 0.5) is 0 Å². The number of rotatable bonds is 2. The summed E-state index contributed by atoms with van der Waals surface area (Å²) in [7, 11) is 1.65. The van der Waals surface area contributed by atoms with Crippen molar-refractivity contribution in [2.24, 2.45) is 0 Å². The van der Waals surface area contributed by atoms with Gasteiger partial charge >= 0.3 is 0 Å². The molecule has 80 valence electrons. The van der Waals surface area contributed by atoms with Crippen LogP contribution in [0.3, 0.4) is 0 Å². The van der Waals surface area contributed by atoms with Crippen molar-refractivity contribution in [3.05, 3.63) is 33.8 Å². The first-order chi connectivity index (χ1) is 7.10. The molecule has 1 N–H and O–H groups in total. The lowest BCUT2D eigenvalue weighted by atomic mass is 9.95. The van der Waals surface area contributed by atoms with E-state index in [1.165, 1.54) is 0 Å². The second kappa shape index (κ2) is 3.69. The normalized spacial score (nSPS) is 17.3. The third-order valence-corrected chi connectivity index (χ3v) is 3.41. The van der Waals surface area contributed by atoms with Crippen LogP contribution in [0.2, 0.25) is 10.0 Å². The Labute approximate surface area is 98.6 Å². The number of likely N-dealkylation sites (N-methyl/N-ethyl adjacent to an activating group) is 1. The molecule has 1 aliphatic carbocycles. The molecule has 2 rings (SSSR count). The minimum atomic E-state index is -0.406. The molecular formula is C11H11Cl2NO. The molecule has 0 atom stereocenters. The molecule has 0 heterocycles. The molecule has 1 amide bonds. The van der Waals surface area contributed by atoms with Gasteiger partial charge in [-0.15, -0.1) is 0 Å². The number of nitrogens with one attached hydrogen (secondary N) is 1. The van der Waals surface area contributed by atoms with Crippen LogP contribution in [-0.2, 0) is 10.2 Å². The van der Waals surface area contributed by atoms with E-state index in [9.17, 15) is 4.79 Å². The highest BCUT2D eigenvalue weighted by atomic mass is 35.5. The zero-order valence-electron chi connectivity index (χ0n) is 8.31. The van der Waals surface area contributed by atoms with E-state index in [4.69, 9.17) is 23.2 Å². The summed E-state index contributed by atoms with van der Waals surface area (Å²) < 4.78 is 0. The van der Waals surface area contributed by atoms with E-state index in [2.05, 4.69) is 5.32 Å². The maximum absolute atomic E-state index is 11.7. The van der Waals surface area contributed by atoms with Gasteiger partial charge in [-0.1, -0.05) is 29.3 Å². The lowest BCUT2D eigenvalue weighted by Gasteiger charge is -2.15. The SMILES string of the molecule is CNC(=O)C1(c2ccc(Cl)cc2Cl)CC1. The van der Waals surface area contributed by atoms with E-state index >= 15 is 0 Å². The fourth-order valence-corrected chi connectivity index (χ4v) is 2.45. The van der Waals surface area contributed by atoms with E-state index in [0.29, 0.717) is 10.0 Å². The van der Waals surface area contributed by atoms with Gasteiger partial charge < -0.3 is 5.32 Å². The van der Waals surface area contributed by atoms with Crippen LogP contribution in [0, 0.1) is 0 Å². The third kappa shape index (κ3) is 1.72. The topological polar surface area (TPSA) is 29.1 Å². The summed E-state index contributed by atoms with van der Waals surface area (Å²) >= 11 is 11.9. The largest absolute Gasteiger partial charge is 0.358 e. The molecule has 1 saturated carbocycles. The summed E-state index contributed by atoms with van der Waals surface area (Å²) in [6.45, 7) is 0. The zero-order chi connectivity index (χ0) is 11.1. The number of hydrogen-bond acceptors (Lipinski definition) is 1. The number of amides is 1. The Bertz CT molecular complexity index is 413. The highest BCUT2D eigenvalue weighted by Gasteiger charge is 2.51. The van der Waals surface area contributed by atoms with Crippen LogP contribution in [0.25, 0.3) is 0 Å². The highest BCUT2D eigenvalue weighted by molar-refractivity contribution is 6.35. The Morgan fingerprint density at radius 1 is 1.40 bits per heavy atom. The highest BCUT2D eigenvalue weighted by Crippen LogP contribution is 2.50. The van der Waals surface area contributed by atoms with Crippen molar-refractivity contribution in [3.63, 3.8) is 0 Å². The molecule has 4 heteroatoms. The minimum absolute atomic E-state index is 0.0340. The van der Waals surface area contributed by atoms with Gasteiger partial charge in [0.15, 0.2) is 0 Å². The maximum atomic E-state index is 11.7. The lowest BCUT2D eigenvalue weighted by molar-refractivity contribution is -0.123. The summed E-state index contributed by atoms with van der Waals surface area (Å²) in [6, 6.07) is 5.29. The van der Waals surface area contributed by atoms with Crippen LogP contribution >= 0.6 is 23.2 Å². The smallest absolute Gasteiger partial charge is 0.230 e. The lowest BCUT2D eigenvalue weighted by Crippen LogP contribution is -2.32. The Balaban J connectivity index is 2.42. The van der Waals surface area contributed by atoms with Gasteiger partial charge in [-0.25, -0.2) is 0 Å². The van der Waals surface area contributed by atoms with Gasteiger partial charge in [-0.2, -0.15) is 0 Å². The molecule has 1 aromatic carbocycles. The van der Waals surface area contributed by atoms with Crippen molar-refractivity contribution in [1.29, 1.82) is 0 Å². The molecule has 1 aliphatic rings. The summed E-state index contributed by atoms with van der Waals surface area (Å²) in [6.07, 6.45) is 1.71. The summed E-state index contributed by atoms with van der Waals surface area (Å²) in [5, 5.41) is 3.84. The van der Waals surface area contributed by atoms with E-state index in [1.54, 1.807) is 19.2 Å². The fourth-order valence-electron chi connectivity index (χ4n) is 1.86. The van der Waals surface area contributed by atoms with E-state index < -0.39 is 5.41 Å². The number of carbonyl (C=O) groups excluding carboxylic acids is 1. The second-order valence-electron chi connectivity index (χ2n) is 3.79. The summed E-state index contributed by atoms with van der Waals surface area (Å²) in [4.78, 5) is 11.7. The molecular weight excluding hydrogens is 233 g/mol. The van der Waals surface area contributed by atoms with Crippen molar-refractivity contribution in [3.8, 4) is 0 Å². The Kier molecular flexibility index (Phi) is 2.65. The van der Waals surface area contributed by atoms with Gasteiger partial charge in [0.2, 0.25) is 5.91 Å². The van der Waals surface area contributed by atoms with Gasteiger partial charge in [-0.05, 0) is 30.5 Å². The number of hydrogen-bond donors (Lipinski definition) is 1. The standard InChI is InChI=1S/C11H11Cl2NO/c1-14-10(15)11(4-5-11)8-3-2-7(12)6-9(8)13/h2-3,6H,4-5H2,1H3,(H,14,15). The molecule has 0 aromatic heterocycles. The minimum Gasteiger partial charge on any atom is -0.358 e. The quantitative estimate of drug-likeness (QED) is 0.851. The second-order valence-corrected chi connectivity index (χ2v) is 4.63. The molecule has 0 spiro atoms. The van der Waals surface area contributed by atoms with E-state index in [1.807, 2.05) is 6.07 Å². The molecule has 2 nitrogen and oxygen atoms in total. The fraction of sp³-hybridized carbons (Fsp3) is 0.364. The number of benzene rings is 1. The molecule has 0 radical (unpaired) electrons. The Hall–Kier alpha value is -0.730. The molecule has 15 heavy (non-hydrogen) atoms. The van der Waals surface area contributed by atoms with Crippen LogP contribution in [0.1, 0.15) is 18.4 Å². The Morgan fingerprint density at radius 3 is 2.53 bits per heavy atom. The molecule has 0 bridgehead atoms. The molecule has 1 fully saturated rings. The average molecular weight is 244 g/mol. The number of carbonyl (C=O) groups is 1. The molecule has 1 aromatic rings. The van der Waals surface area contributed by atoms with Crippen molar-refractivity contribution >= 4 is 29.1 Å². The van der Waals surface area contributed by atoms with Crippen LogP contribution in [0.15, 0.2) is 18.2 Å². The molecule has 0 saturated heterocycles. The van der Waals surface area contributed by atoms with Crippen LogP contribution in [0.5, 0.6) is 0 Å². The van der Waals surface area contributed by atoms with Gasteiger partial charge in [0.1, 0.15) is 0 Å². The van der Waals surface area contributed by atoms with Gasteiger partial charge in [-0.3, -0.25) is 4.79 Å². The molecule has 0 unspecified atom stereocenters. The van der Waals surface area contributed by atoms with Gasteiger partial charge in [0.05, 0.1) is 5.41 Å². The number of halogens is 2. The van der Waals surface area contributed by atoms with Crippen LogP contribution in [-0.4, -0.2) is 13.0 Å². The molecule has 0 aliphatic heterocycles. The predicted octanol–water partition coefficient (Wildman–Crippen LogP) is 2.77. The average Bonchev–Trinajstić information content (AvgIpc) is 2.97. The van der Waals surface area contributed by atoms with Gasteiger partial charge in [0, 0.05) is 17.1 Å². The maximum Gasteiger partial charge on any atom is 0.230 e. The van der Waals surface area contributed by atoms with E-state index in [-0.39, 0.29) is 5.91 Å². The third-order valence-electron chi connectivity index (χ3n) is 2.86. The summed E-state index contributed by atoms with van der Waals surface area (Å²) in [5.41, 5.74) is 0.476. The monoisotopic (exact) mass is 243 g/mol. The first-order valence-corrected chi connectivity index (χ1v) is 5.53. The van der Waals surface area contributed by atoms with Gasteiger partial charge in [0.25, 0.3) is 0 Å². The Morgan fingerprint density at radius 2 is 2.07 bits per heavy atom.